The summed E-state index contributed by atoms with van der Waals surface area (Å²) in [5, 5.41) is 8.95. The van der Waals surface area contributed by atoms with Crippen molar-refractivity contribution in [1.29, 1.82) is 0 Å². The fourth-order valence-corrected chi connectivity index (χ4v) is 3.12. The van der Waals surface area contributed by atoms with E-state index in [0.717, 1.165) is 63.6 Å². The van der Waals surface area contributed by atoms with Crippen LogP contribution in [0.5, 0.6) is 0 Å². The molecule has 0 amide bonds. The maximum Gasteiger partial charge on any atom is 0.191 e. The lowest BCUT2D eigenvalue weighted by Crippen LogP contribution is -2.39. The Bertz CT molecular complexity index is 552. The van der Waals surface area contributed by atoms with Gasteiger partial charge in [-0.1, -0.05) is 6.07 Å². The van der Waals surface area contributed by atoms with E-state index < -0.39 is 0 Å². The van der Waals surface area contributed by atoms with Gasteiger partial charge in [0.1, 0.15) is 5.76 Å². The number of hydrogen-bond acceptors (Lipinski definition) is 4. The molecule has 0 aromatic carbocycles. The zero-order valence-corrected chi connectivity index (χ0v) is 16.7. The monoisotopic (exact) mass is 377 g/mol. The van der Waals surface area contributed by atoms with Gasteiger partial charge in [0.15, 0.2) is 5.96 Å². The number of unbranched alkanes of at least 4 members (excludes halogenated alkanes) is 1. The van der Waals surface area contributed by atoms with Crippen molar-refractivity contribution >= 4 is 17.3 Å². The minimum Gasteiger partial charge on any atom is -0.469 e. The highest BCUT2D eigenvalue weighted by Crippen LogP contribution is 2.08. The van der Waals surface area contributed by atoms with Crippen LogP contribution in [-0.4, -0.2) is 38.3 Å². The van der Waals surface area contributed by atoms with Crippen molar-refractivity contribution in [2.24, 2.45) is 4.99 Å². The van der Waals surface area contributed by atoms with Crippen LogP contribution < -0.4 is 10.6 Å². The second kappa shape index (κ2) is 12.5. The molecule has 0 aliphatic carbocycles. The van der Waals surface area contributed by atoms with E-state index >= 15 is 0 Å². The van der Waals surface area contributed by atoms with Crippen LogP contribution in [0.1, 0.15) is 37.3 Å². The molecule has 26 heavy (non-hydrogen) atoms. The standard InChI is InChI=1S/C20H31N3O2S/c1-17(2)24-14-4-3-11-21-20(22-12-9-18-7-5-15-25-18)23-13-10-19-8-6-16-26-19/h5-8,15-17H,3-4,9-14H2,1-2H3,(H2,21,22,23). The number of thiophene rings is 1. The average Bonchev–Trinajstić information content (AvgIpc) is 3.31. The first-order valence-corrected chi connectivity index (χ1v) is 10.3. The molecule has 0 spiro atoms. The van der Waals surface area contributed by atoms with Crippen molar-refractivity contribution in [2.75, 3.05) is 26.2 Å². The highest BCUT2D eigenvalue weighted by molar-refractivity contribution is 7.09. The lowest BCUT2D eigenvalue weighted by atomic mass is 10.3. The summed E-state index contributed by atoms with van der Waals surface area (Å²) in [6.07, 6.45) is 5.94. The molecule has 144 valence electrons. The van der Waals surface area contributed by atoms with Crippen LogP contribution in [0.3, 0.4) is 0 Å². The summed E-state index contributed by atoms with van der Waals surface area (Å²) in [6.45, 7) is 7.42. The second-order valence-electron chi connectivity index (χ2n) is 6.37. The van der Waals surface area contributed by atoms with E-state index in [4.69, 9.17) is 9.15 Å². The zero-order valence-electron chi connectivity index (χ0n) is 15.9. The van der Waals surface area contributed by atoms with Gasteiger partial charge in [-0.05, 0) is 56.7 Å². The van der Waals surface area contributed by atoms with Crippen LogP contribution in [0.2, 0.25) is 0 Å². The summed E-state index contributed by atoms with van der Waals surface area (Å²) in [4.78, 5) is 6.08. The largest absolute Gasteiger partial charge is 0.469 e. The van der Waals surface area contributed by atoms with Gasteiger partial charge in [-0.3, -0.25) is 4.99 Å². The number of ether oxygens (including phenoxy) is 1. The first-order valence-electron chi connectivity index (χ1n) is 9.42. The van der Waals surface area contributed by atoms with Crippen LogP contribution in [0, 0.1) is 0 Å². The van der Waals surface area contributed by atoms with Crippen molar-refractivity contribution in [1.82, 2.24) is 10.6 Å². The highest BCUT2D eigenvalue weighted by atomic mass is 32.1. The van der Waals surface area contributed by atoms with Crippen LogP contribution in [0.15, 0.2) is 45.3 Å². The van der Waals surface area contributed by atoms with Gasteiger partial charge in [-0.25, -0.2) is 0 Å². The third kappa shape index (κ3) is 9.06. The molecule has 2 N–H and O–H groups in total. The van der Waals surface area contributed by atoms with Crippen molar-refractivity contribution < 1.29 is 9.15 Å². The third-order valence-corrected chi connectivity index (χ3v) is 4.70. The Labute approximate surface area is 160 Å². The smallest absolute Gasteiger partial charge is 0.191 e. The zero-order chi connectivity index (χ0) is 18.5. The Kier molecular flexibility index (Phi) is 9.90. The number of guanidine groups is 1. The summed E-state index contributed by atoms with van der Waals surface area (Å²) < 4.78 is 10.9. The molecule has 0 radical (unpaired) electrons. The fraction of sp³-hybridized carbons (Fsp3) is 0.550. The molecule has 0 unspecified atom stereocenters. The maximum absolute atomic E-state index is 5.57. The minimum atomic E-state index is 0.302. The number of nitrogens with one attached hydrogen (secondary N) is 2. The van der Waals surface area contributed by atoms with Gasteiger partial charge in [-0.15, -0.1) is 11.3 Å². The Hall–Kier alpha value is -1.79. The topological polar surface area (TPSA) is 58.8 Å². The highest BCUT2D eigenvalue weighted by Gasteiger charge is 2.01. The predicted molar refractivity (Wildman–Crippen MR) is 109 cm³/mol. The van der Waals surface area contributed by atoms with Crippen molar-refractivity contribution in [3.05, 3.63) is 46.5 Å². The summed E-state index contributed by atoms with van der Waals surface area (Å²) in [6, 6.07) is 8.18. The Morgan fingerprint density at radius 3 is 2.69 bits per heavy atom. The molecule has 2 aromatic rings. The van der Waals surface area contributed by atoms with E-state index in [-0.39, 0.29) is 0 Å². The van der Waals surface area contributed by atoms with Crippen molar-refractivity contribution in [3.8, 4) is 0 Å². The normalized spacial score (nSPS) is 11.9. The molecular formula is C20H31N3O2S. The van der Waals surface area contributed by atoms with Gasteiger partial charge in [-0.2, -0.15) is 0 Å². The lowest BCUT2D eigenvalue weighted by Gasteiger charge is -2.12. The first kappa shape index (κ1) is 20.5. The van der Waals surface area contributed by atoms with Gasteiger partial charge in [0.2, 0.25) is 0 Å². The second-order valence-corrected chi connectivity index (χ2v) is 7.40. The fourth-order valence-electron chi connectivity index (χ4n) is 2.42. The van der Waals surface area contributed by atoms with E-state index in [0.29, 0.717) is 6.10 Å². The Morgan fingerprint density at radius 2 is 2.00 bits per heavy atom. The number of nitrogens with zero attached hydrogens (tertiary/aromatic N) is 1. The molecular weight excluding hydrogens is 346 g/mol. The molecule has 6 heteroatoms. The van der Waals surface area contributed by atoms with Crippen LogP contribution in [-0.2, 0) is 17.6 Å². The molecule has 2 rings (SSSR count). The van der Waals surface area contributed by atoms with Gasteiger partial charge < -0.3 is 19.8 Å². The molecule has 2 heterocycles. The molecule has 0 fully saturated rings. The SMILES string of the molecule is CC(C)OCCCCN=C(NCCc1ccco1)NCCc1cccs1. The summed E-state index contributed by atoms with van der Waals surface area (Å²) in [5.41, 5.74) is 0. The number of furan rings is 1. The molecule has 0 aliphatic rings. The van der Waals surface area contributed by atoms with E-state index in [2.05, 4.69) is 47.0 Å². The van der Waals surface area contributed by atoms with Crippen molar-refractivity contribution in [3.63, 3.8) is 0 Å². The molecule has 5 nitrogen and oxygen atoms in total. The number of hydrogen-bond donors (Lipinski definition) is 2. The van der Waals surface area contributed by atoms with E-state index in [1.54, 1.807) is 17.6 Å². The summed E-state index contributed by atoms with van der Waals surface area (Å²) >= 11 is 1.79. The quantitative estimate of drug-likeness (QED) is 0.335. The van der Waals surface area contributed by atoms with Crippen LogP contribution >= 0.6 is 11.3 Å². The van der Waals surface area contributed by atoms with Gasteiger partial charge in [0, 0.05) is 37.5 Å². The lowest BCUT2D eigenvalue weighted by molar-refractivity contribution is 0.0763. The Balaban J connectivity index is 1.70. The molecule has 0 atom stereocenters. The van der Waals surface area contributed by atoms with E-state index in [1.165, 1.54) is 4.88 Å². The van der Waals surface area contributed by atoms with Crippen molar-refractivity contribution in [2.45, 2.75) is 45.6 Å². The number of rotatable bonds is 12. The van der Waals surface area contributed by atoms with Crippen LogP contribution in [0.4, 0.5) is 0 Å². The van der Waals surface area contributed by atoms with E-state index in [1.807, 2.05) is 12.1 Å². The van der Waals surface area contributed by atoms with E-state index in [9.17, 15) is 0 Å². The molecule has 0 saturated carbocycles. The average molecular weight is 378 g/mol. The molecule has 0 aliphatic heterocycles. The summed E-state index contributed by atoms with van der Waals surface area (Å²) in [7, 11) is 0. The molecule has 0 bridgehead atoms. The Morgan fingerprint density at radius 1 is 1.15 bits per heavy atom. The van der Waals surface area contributed by atoms with Crippen LogP contribution in [0.25, 0.3) is 0 Å². The predicted octanol–water partition coefficient (Wildman–Crippen LogP) is 3.87. The first-order chi connectivity index (χ1) is 12.7. The maximum atomic E-state index is 5.57. The summed E-state index contributed by atoms with van der Waals surface area (Å²) in [5.74, 6) is 1.86. The third-order valence-electron chi connectivity index (χ3n) is 3.76. The minimum absolute atomic E-state index is 0.302. The molecule has 2 aromatic heterocycles. The molecule has 0 saturated heterocycles. The van der Waals surface area contributed by atoms with Gasteiger partial charge in [0.25, 0.3) is 0 Å². The van der Waals surface area contributed by atoms with Gasteiger partial charge >= 0.3 is 0 Å². The number of aliphatic imine (C=N–C) groups is 1. The van der Waals surface area contributed by atoms with Gasteiger partial charge in [0.05, 0.1) is 12.4 Å².